The SMILES string of the molecule is Cc1ccccc1N1CCN(CCC2(C(=O)OC(=O)C(=O)ON3C(C)C(CCN4CCN(c5ccccc5C)CC4)(C(=O)O)C(c4cccc([N+](=O)[O-])c4)C(C(=O)O)(C(C)C)C3N)C(C)NC(N)=C(C(=O)OC(C)C)C2c2cccc([N+](=O)[O-])c2)CC1. The standard InChI is InChI=1S/C62H78N10O15/c1-37(2)62(58(78)79)51(44-18-14-20-46(36-44)72(83)84)61(57(76)77,24-26-67-29-33-69(34-30-67)48-22-12-10-16-40(48)6)42(8)70(56(62)64)87-55(75)54(74)86-59(80)60(23-25-66-27-31-68(32-28-66)47-21-11-9-15-39(47)5)41(7)65-52(63)49(53(73)85-38(3)4)50(60)43-17-13-19-45(35-43)71(81)82/h9-22,35-38,41-42,50-51,56,65H,23-34,63-64H2,1-8H3,(H,76,77)(H,78,79). The Labute approximate surface area is 504 Å². The van der Waals surface area contributed by atoms with E-state index in [4.69, 9.17) is 25.8 Å². The number of para-hydroxylation sites is 2. The van der Waals surface area contributed by atoms with Crippen molar-refractivity contribution < 1.29 is 63.1 Å². The second kappa shape index (κ2) is 26.2. The van der Waals surface area contributed by atoms with Crippen molar-refractivity contribution in [1.29, 1.82) is 0 Å². The van der Waals surface area contributed by atoms with Crippen LogP contribution in [0.3, 0.4) is 0 Å². The number of piperazine rings is 2. The molecule has 4 aliphatic rings. The van der Waals surface area contributed by atoms with E-state index in [0.29, 0.717) is 57.4 Å². The number of carbonyl (C=O) groups is 6. The first-order valence-corrected chi connectivity index (χ1v) is 29.2. The smallest absolute Gasteiger partial charge is 0.436 e. The van der Waals surface area contributed by atoms with Gasteiger partial charge < -0.3 is 51.1 Å². The van der Waals surface area contributed by atoms with Crippen LogP contribution in [-0.2, 0) is 43.1 Å². The number of carbonyl (C=O) groups excluding carboxylic acids is 4. The number of hydrogen-bond donors (Lipinski definition) is 5. The van der Waals surface area contributed by atoms with Gasteiger partial charge in [-0.3, -0.25) is 44.4 Å². The Morgan fingerprint density at radius 1 is 0.678 bits per heavy atom. The van der Waals surface area contributed by atoms with E-state index in [9.17, 15) is 54.4 Å². The van der Waals surface area contributed by atoms with E-state index in [2.05, 4.69) is 20.0 Å². The van der Waals surface area contributed by atoms with Crippen molar-refractivity contribution in [2.24, 2.45) is 33.6 Å². The number of piperidine rings is 1. The summed E-state index contributed by atoms with van der Waals surface area (Å²) in [5, 5.41) is 52.0. The highest BCUT2D eigenvalue weighted by atomic mass is 16.7. The number of hydroxylamine groups is 2. The maximum atomic E-state index is 15.7. The molecule has 0 aromatic heterocycles. The number of carboxylic acids is 2. The fourth-order valence-electron chi connectivity index (χ4n) is 13.9. The van der Waals surface area contributed by atoms with Crippen LogP contribution in [0.25, 0.3) is 0 Å². The topological polar surface area (TPSA) is 337 Å². The second-order valence-electron chi connectivity index (χ2n) is 23.8. The molecule has 8 unspecified atom stereocenters. The van der Waals surface area contributed by atoms with Crippen LogP contribution in [0.1, 0.15) is 88.5 Å². The summed E-state index contributed by atoms with van der Waals surface area (Å²) >= 11 is 0. The molecule has 3 fully saturated rings. The average Bonchev–Trinajstić information content (AvgIpc) is 0.727. The molecule has 0 aliphatic carbocycles. The van der Waals surface area contributed by atoms with Gasteiger partial charge in [-0.05, 0) is 108 Å². The van der Waals surface area contributed by atoms with Gasteiger partial charge in [0.25, 0.3) is 11.4 Å². The van der Waals surface area contributed by atoms with Crippen molar-refractivity contribution in [3.8, 4) is 0 Å². The molecule has 8 rings (SSSR count). The minimum atomic E-state index is -2.47. The Morgan fingerprint density at radius 3 is 1.62 bits per heavy atom. The molecule has 8 atom stereocenters. The molecule has 4 aliphatic heterocycles. The lowest BCUT2D eigenvalue weighted by Gasteiger charge is -2.61. The number of nitro benzene ring substituents is 2. The van der Waals surface area contributed by atoms with Crippen molar-refractivity contribution in [2.45, 2.75) is 104 Å². The predicted molar refractivity (Wildman–Crippen MR) is 319 cm³/mol. The summed E-state index contributed by atoms with van der Waals surface area (Å²) < 4.78 is 11.3. The van der Waals surface area contributed by atoms with Gasteiger partial charge in [-0.15, -0.1) is 5.06 Å². The first kappa shape index (κ1) is 64.5. The molecule has 0 amide bonds. The Kier molecular flexibility index (Phi) is 19.4. The van der Waals surface area contributed by atoms with Gasteiger partial charge >= 0.3 is 35.8 Å². The van der Waals surface area contributed by atoms with Crippen LogP contribution in [0.4, 0.5) is 22.7 Å². The van der Waals surface area contributed by atoms with Crippen molar-refractivity contribution in [3.63, 3.8) is 0 Å². The van der Waals surface area contributed by atoms with E-state index in [1.165, 1.54) is 63.2 Å². The van der Waals surface area contributed by atoms with E-state index in [1.807, 2.05) is 67.3 Å². The zero-order valence-corrected chi connectivity index (χ0v) is 50.3. The Hall–Kier alpha value is -8.52. The Balaban J connectivity index is 1.18. The maximum absolute atomic E-state index is 15.7. The zero-order chi connectivity index (χ0) is 63.4. The summed E-state index contributed by atoms with van der Waals surface area (Å²) in [6, 6.07) is 23.2. The van der Waals surface area contributed by atoms with Gasteiger partial charge in [0.15, 0.2) is 0 Å². The number of non-ortho nitro benzene ring substituents is 2. The molecule has 87 heavy (non-hydrogen) atoms. The molecule has 0 radical (unpaired) electrons. The highest BCUT2D eigenvalue weighted by Gasteiger charge is 2.72. The fraction of sp³-hybridized carbons (Fsp3) is 0.484. The molecule has 4 aromatic carbocycles. The van der Waals surface area contributed by atoms with E-state index < -0.39 is 115 Å². The molecule has 4 aromatic rings. The minimum Gasteiger partial charge on any atom is -0.481 e. The number of carboxylic acid groups (broad SMARTS) is 2. The number of nitrogens with one attached hydrogen (secondary N) is 1. The number of nitro groups is 2. The Morgan fingerprint density at radius 2 is 1.16 bits per heavy atom. The number of hydrogen-bond acceptors (Lipinski definition) is 21. The molecule has 3 saturated heterocycles. The lowest BCUT2D eigenvalue weighted by atomic mass is 9.48. The third-order valence-corrected chi connectivity index (χ3v) is 18.5. The third kappa shape index (κ3) is 12.3. The van der Waals surface area contributed by atoms with Gasteiger partial charge in [-0.1, -0.05) is 74.5 Å². The quantitative estimate of drug-likeness (QED) is 0.0242. The van der Waals surface area contributed by atoms with Crippen molar-refractivity contribution in [1.82, 2.24) is 20.2 Å². The molecule has 466 valence electrons. The number of anilines is 2. The number of rotatable bonds is 19. The molecule has 0 saturated carbocycles. The fourth-order valence-corrected chi connectivity index (χ4v) is 13.9. The van der Waals surface area contributed by atoms with Gasteiger partial charge in [0, 0.05) is 106 Å². The highest BCUT2D eigenvalue weighted by molar-refractivity contribution is 6.31. The molecule has 25 nitrogen and oxygen atoms in total. The lowest BCUT2D eigenvalue weighted by Crippen LogP contribution is -2.75. The first-order chi connectivity index (χ1) is 41.2. The van der Waals surface area contributed by atoms with Gasteiger partial charge in [-0.25, -0.2) is 14.4 Å². The van der Waals surface area contributed by atoms with Crippen molar-refractivity contribution in [3.05, 3.63) is 151 Å². The average molecular weight is 1200 g/mol. The molecule has 4 heterocycles. The normalized spacial score (nSPS) is 25.6. The summed E-state index contributed by atoms with van der Waals surface area (Å²) in [6.07, 6.45) is -3.28. The summed E-state index contributed by atoms with van der Waals surface area (Å²) in [4.78, 5) is 126. The number of esters is 3. The molecule has 25 heteroatoms. The van der Waals surface area contributed by atoms with Crippen molar-refractivity contribution in [2.75, 3.05) is 75.2 Å². The number of benzene rings is 4. The van der Waals surface area contributed by atoms with E-state index in [-0.39, 0.29) is 48.5 Å². The first-order valence-electron chi connectivity index (χ1n) is 29.2. The number of ether oxygens (including phenoxy) is 2. The van der Waals surface area contributed by atoms with Crippen LogP contribution >= 0.6 is 0 Å². The van der Waals surface area contributed by atoms with E-state index in [0.717, 1.165) is 28.6 Å². The molecule has 0 spiro atoms. The molecular formula is C62H78N10O15. The van der Waals surface area contributed by atoms with Crippen LogP contribution in [-0.4, -0.2) is 161 Å². The van der Waals surface area contributed by atoms with Crippen LogP contribution < -0.4 is 26.6 Å². The third-order valence-electron chi connectivity index (χ3n) is 18.5. The van der Waals surface area contributed by atoms with Gasteiger partial charge in [0.1, 0.15) is 22.8 Å². The molecule has 7 N–H and O–H groups in total. The van der Waals surface area contributed by atoms with Gasteiger partial charge in [-0.2, -0.15) is 0 Å². The molecular weight excluding hydrogens is 1120 g/mol. The number of aryl methyl sites for hydroxylation is 2. The van der Waals surface area contributed by atoms with Crippen LogP contribution in [0.2, 0.25) is 0 Å². The minimum absolute atomic E-state index is 0.0378. The molecule has 0 bridgehead atoms. The summed E-state index contributed by atoms with van der Waals surface area (Å²) in [6.45, 7) is 17.3. The second-order valence-corrected chi connectivity index (χ2v) is 23.8. The highest BCUT2D eigenvalue weighted by Crippen LogP contribution is 2.62. The number of nitrogens with zero attached hydrogens (tertiary/aromatic N) is 7. The summed E-state index contributed by atoms with van der Waals surface area (Å²) in [5.41, 5.74) is 9.81. The summed E-state index contributed by atoms with van der Waals surface area (Å²) in [5.74, 6) is -14.1. The largest absolute Gasteiger partial charge is 0.481 e. The Bertz CT molecular complexity index is 3330. The van der Waals surface area contributed by atoms with E-state index in [1.54, 1.807) is 20.8 Å². The van der Waals surface area contributed by atoms with Gasteiger partial charge in [0.2, 0.25) is 0 Å². The van der Waals surface area contributed by atoms with Gasteiger partial charge in [0.05, 0.1) is 33.0 Å². The van der Waals surface area contributed by atoms with Crippen LogP contribution in [0.5, 0.6) is 0 Å². The van der Waals surface area contributed by atoms with Crippen LogP contribution in [0, 0.1) is 56.2 Å². The zero-order valence-electron chi connectivity index (χ0n) is 50.3. The van der Waals surface area contributed by atoms with Crippen LogP contribution in [0.15, 0.2) is 108 Å². The maximum Gasteiger partial charge on any atom is 0.436 e. The number of aliphatic carboxylic acids is 2. The van der Waals surface area contributed by atoms with E-state index >= 15 is 4.79 Å². The van der Waals surface area contributed by atoms with Crippen molar-refractivity contribution >= 4 is 58.6 Å². The monoisotopic (exact) mass is 1200 g/mol. The summed E-state index contributed by atoms with van der Waals surface area (Å²) in [7, 11) is 0. The number of nitrogens with two attached hydrogens (primary N) is 2. The predicted octanol–water partition coefficient (Wildman–Crippen LogP) is 5.83. The lowest BCUT2D eigenvalue weighted by molar-refractivity contribution is -0.385.